The number of hydrogen-bond donors (Lipinski definition) is 2. The minimum Gasteiger partial charge on any atom is -0.508 e. The molecular formula is C21H24N2O2. The van der Waals surface area contributed by atoms with Gasteiger partial charge >= 0.3 is 0 Å². The van der Waals surface area contributed by atoms with E-state index in [9.17, 15) is 5.11 Å². The SMILES string of the molecule is Oc1ccc(Cc2nc3c(OCC4CCCCC4)cccc3[nH]2)cc1. The van der Waals surface area contributed by atoms with Gasteiger partial charge in [0.25, 0.3) is 0 Å². The van der Waals surface area contributed by atoms with Crippen LogP contribution in [0.15, 0.2) is 42.5 Å². The van der Waals surface area contributed by atoms with Crippen molar-refractivity contribution in [3.05, 3.63) is 53.9 Å². The van der Waals surface area contributed by atoms with Crippen LogP contribution < -0.4 is 4.74 Å². The fraction of sp³-hybridized carbons (Fsp3) is 0.381. The van der Waals surface area contributed by atoms with Gasteiger partial charge in [-0.1, -0.05) is 37.5 Å². The number of nitrogens with zero attached hydrogens (tertiary/aromatic N) is 1. The predicted octanol–water partition coefficient (Wildman–Crippen LogP) is 4.82. The lowest BCUT2D eigenvalue weighted by molar-refractivity contribution is 0.210. The van der Waals surface area contributed by atoms with E-state index >= 15 is 0 Å². The van der Waals surface area contributed by atoms with Crippen molar-refractivity contribution in [2.45, 2.75) is 38.5 Å². The largest absolute Gasteiger partial charge is 0.508 e. The summed E-state index contributed by atoms with van der Waals surface area (Å²) in [4.78, 5) is 8.13. The van der Waals surface area contributed by atoms with E-state index in [0.717, 1.165) is 34.8 Å². The Balaban J connectivity index is 1.50. The zero-order chi connectivity index (χ0) is 17.1. The summed E-state index contributed by atoms with van der Waals surface area (Å²) in [6.45, 7) is 0.791. The summed E-state index contributed by atoms with van der Waals surface area (Å²) in [6, 6.07) is 13.3. The fourth-order valence-electron chi connectivity index (χ4n) is 3.63. The molecule has 1 heterocycles. The Kier molecular flexibility index (Phi) is 4.59. The number of aromatic amines is 1. The van der Waals surface area contributed by atoms with Crippen molar-refractivity contribution < 1.29 is 9.84 Å². The molecule has 4 rings (SSSR count). The third kappa shape index (κ3) is 3.78. The number of H-pyrrole nitrogens is 1. The molecule has 2 N–H and O–H groups in total. The number of nitrogens with one attached hydrogen (secondary N) is 1. The molecule has 0 radical (unpaired) electrons. The van der Waals surface area contributed by atoms with Gasteiger partial charge in [-0.15, -0.1) is 0 Å². The molecule has 0 amide bonds. The van der Waals surface area contributed by atoms with Gasteiger partial charge in [0.2, 0.25) is 0 Å². The average Bonchev–Trinajstić information content (AvgIpc) is 3.06. The van der Waals surface area contributed by atoms with E-state index in [0.29, 0.717) is 12.3 Å². The maximum absolute atomic E-state index is 9.40. The predicted molar refractivity (Wildman–Crippen MR) is 99.1 cm³/mol. The minimum atomic E-state index is 0.284. The van der Waals surface area contributed by atoms with Crippen LogP contribution in [0.25, 0.3) is 11.0 Å². The first-order chi connectivity index (χ1) is 12.3. The van der Waals surface area contributed by atoms with E-state index < -0.39 is 0 Å². The molecule has 1 aliphatic rings. The Morgan fingerprint density at radius 3 is 2.64 bits per heavy atom. The Morgan fingerprint density at radius 2 is 1.84 bits per heavy atom. The summed E-state index contributed by atoms with van der Waals surface area (Å²) in [5.41, 5.74) is 3.03. The zero-order valence-corrected chi connectivity index (χ0v) is 14.4. The molecule has 4 heteroatoms. The standard InChI is InChI=1S/C21H24N2O2/c24-17-11-9-15(10-12-17)13-20-22-18-7-4-8-19(21(18)23-20)25-14-16-5-2-1-3-6-16/h4,7-12,16,24H,1-3,5-6,13-14H2,(H,22,23). The van der Waals surface area contributed by atoms with Crippen molar-refractivity contribution >= 4 is 11.0 Å². The molecule has 0 spiro atoms. The number of phenolic OH excluding ortho intramolecular Hbond substituents is 1. The normalized spacial score (nSPS) is 15.5. The molecule has 3 aromatic rings. The van der Waals surface area contributed by atoms with Crippen LogP contribution in [0.3, 0.4) is 0 Å². The third-order valence-electron chi connectivity index (χ3n) is 5.03. The quantitative estimate of drug-likeness (QED) is 0.702. The number of hydrogen-bond acceptors (Lipinski definition) is 3. The van der Waals surface area contributed by atoms with Crippen molar-refractivity contribution in [1.82, 2.24) is 9.97 Å². The maximum atomic E-state index is 9.40. The van der Waals surface area contributed by atoms with Crippen LogP contribution in [-0.4, -0.2) is 21.7 Å². The van der Waals surface area contributed by atoms with Crippen LogP contribution in [0.2, 0.25) is 0 Å². The molecule has 0 unspecified atom stereocenters. The number of aromatic hydroxyl groups is 1. The molecule has 0 saturated heterocycles. The Bertz CT molecular complexity index is 833. The summed E-state index contributed by atoms with van der Waals surface area (Å²) in [5, 5.41) is 9.40. The zero-order valence-electron chi connectivity index (χ0n) is 14.4. The number of imidazole rings is 1. The summed E-state index contributed by atoms with van der Waals surface area (Å²) in [5.74, 6) is 2.75. The van der Waals surface area contributed by atoms with E-state index in [1.807, 2.05) is 30.3 Å². The summed E-state index contributed by atoms with van der Waals surface area (Å²) in [7, 11) is 0. The van der Waals surface area contributed by atoms with E-state index in [1.165, 1.54) is 32.1 Å². The van der Waals surface area contributed by atoms with Gasteiger partial charge in [0.1, 0.15) is 22.8 Å². The van der Waals surface area contributed by atoms with Gasteiger partial charge in [-0.25, -0.2) is 4.98 Å². The number of para-hydroxylation sites is 1. The lowest BCUT2D eigenvalue weighted by Gasteiger charge is -2.21. The lowest BCUT2D eigenvalue weighted by Crippen LogP contribution is -2.15. The first-order valence-corrected chi connectivity index (χ1v) is 9.16. The van der Waals surface area contributed by atoms with E-state index in [1.54, 1.807) is 12.1 Å². The number of rotatable bonds is 5. The van der Waals surface area contributed by atoms with Crippen LogP contribution >= 0.6 is 0 Å². The molecule has 2 aromatic carbocycles. The van der Waals surface area contributed by atoms with Crippen molar-refractivity contribution in [3.63, 3.8) is 0 Å². The van der Waals surface area contributed by atoms with Crippen LogP contribution in [0.5, 0.6) is 11.5 Å². The van der Waals surface area contributed by atoms with Gasteiger partial charge in [-0.05, 0) is 48.6 Å². The molecule has 1 fully saturated rings. The number of fused-ring (bicyclic) bond motifs is 1. The first-order valence-electron chi connectivity index (χ1n) is 9.16. The molecule has 0 bridgehead atoms. The number of aromatic nitrogens is 2. The molecule has 130 valence electrons. The maximum Gasteiger partial charge on any atom is 0.147 e. The van der Waals surface area contributed by atoms with Crippen LogP contribution in [0, 0.1) is 5.92 Å². The van der Waals surface area contributed by atoms with Crippen molar-refractivity contribution in [3.8, 4) is 11.5 Å². The minimum absolute atomic E-state index is 0.284. The van der Waals surface area contributed by atoms with E-state index in [2.05, 4.69) is 4.98 Å². The Labute approximate surface area is 147 Å². The van der Waals surface area contributed by atoms with Crippen LogP contribution in [0.1, 0.15) is 43.5 Å². The number of phenols is 1. The summed E-state index contributed by atoms with van der Waals surface area (Å²) < 4.78 is 6.12. The highest BCUT2D eigenvalue weighted by Gasteiger charge is 2.15. The highest BCUT2D eigenvalue weighted by atomic mass is 16.5. The smallest absolute Gasteiger partial charge is 0.147 e. The molecular weight excluding hydrogens is 312 g/mol. The van der Waals surface area contributed by atoms with Gasteiger partial charge in [0, 0.05) is 6.42 Å². The van der Waals surface area contributed by atoms with Gasteiger partial charge in [-0.2, -0.15) is 0 Å². The highest BCUT2D eigenvalue weighted by Crippen LogP contribution is 2.28. The molecule has 25 heavy (non-hydrogen) atoms. The van der Waals surface area contributed by atoms with E-state index in [-0.39, 0.29) is 5.75 Å². The highest BCUT2D eigenvalue weighted by molar-refractivity contribution is 5.81. The topological polar surface area (TPSA) is 58.1 Å². The average molecular weight is 336 g/mol. The third-order valence-corrected chi connectivity index (χ3v) is 5.03. The van der Waals surface area contributed by atoms with Gasteiger partial charge in [-0.3, -0.25) is 0 Å². The summed E-state index contributed by atoms with van der Waals surface area (Å²) in [6.07, 6.45) is 7.29. The van der Waals surface area contributed by atoms with Crippen molar-refractivity contribution in [2.75, 3.05) is 6.61 Å². The van der Waals surface area contributed by atoms with E-state index in [4.69, 9.17) is 9.72 Å². The monoisotopic (exact) mass is 336 g/mol. The molecule has 4 nitrogen and oxygen atoms in total. The van der Waals surface area contributed by atoms with Gasteiger partial charge in [0.05, 0.1) is 12.1 Å². The lowest BCUT2D eigenvalue weighted by atomic mass is 9.90. The first kappa shape index (κ1) is 16.0. The fourth-order valence-corrected chi connectivity index (χ4v) is 3.63. The summed E-state index contributed by atoms with van der Waals surface area (Å²) >= 11 is 0. The Morgan fingerprint density at radius 1 is 1.04 bits per heavy atom. The van der Waals surface area contributed by atoms with Gasteiger partial charge in [0.15, 0.2) is 0 Å². The van der Waals surface area contributed by atoms with Crippen molar-refractivity contribution in [1.29, 1.82) is 0 Å². The Hall–Kier alpha value is -2.49. The number of ether oxygens (including phenoxy) is 1. The number of benzene rings is 2. The van der Waals surface area contributed by atoms with Crippen LogP contribution in [0.4, 0.5) is 0 Å². The van der Waals surface area contributed by atoms with Crippen molar-refractivity contribution in [2.24, 2.45) is 5.92 Å². The molecule has 0 atom stereocenters. The molecule has 1 saturated carbocycles. The molecule has 1 aliphatic carbocycles. The molecule has 1 aromatic heterocycles. The second-order valence-corrected chi connectivity index (χ2v) is 6.99. The second kappa shape index (κ2) is 7.18. The van der Waals surface area contributed by atoms with Crippen LogP contribution in [-0.2, 0) is 6.42 Å². The molecule has 0 aliphatic heterocycles. The van der Waals surface area contributed by atoms with Gasteiger partial charge < -0.3 is 14.8 Å². The second-order valence-electron chi connectivity index (χ2n) is 6.99.